The molecule has 25 heavy (non-hydrogen) atoms. The van der Waals surface area contributed by atoms with Gasteiger partial charge < -0.3 is 14.3 Å². The van der Waals surface area contributed by atoms with Crippen LogP contribution in [0.25, 0.3) is 0 Å². The fourth-order valence-electron chi connectivity index (χ4n) is 3.15. The summed E-state index contributed by atoms with van der Waals surface area (Å²) in [5.41, 5.74) is 1.68. The van der Waals surface area contributed by atoms with Crippen LogP contribution in [0, 0.1) is 17.0 Å². The van der Waals surface area contributed by atoms with E-state index >= 15 is 0 Å². The summed E-state index contributed by atoms with van der Waals surface area (Å²) < 4.78 is 10.8. The minimum atomic E-state index is -0.698. The van der Waals surface area contributed by atoms with Crippen LogP contribution in [0.5, 0.6) is 0 Å². The summed E-state index contributed by atoms with van der Waals surface area (Å²) in [4.78, 5) is 13.0. The van der Waals surface area contributed by atoms with Gasteiger partial charge in [0.05, 0.1) is 24.4 Å². The molecular weight excluding hydrogens is 324 g/mol. The van der Waals surface area contributed by atoms with Crippen LogP contribution >= 0.6 is 0 Å². The number of aliphatic hydroxyl groups is 1. The number of morpholine rings is 1. The van der Waals surface area contributed by atoms with E-state index in [1.54, 1.807) is 37.5 Å². The molecule has 0 saturated carbocycles. The lowest BCUT2D eigenvalue weighted by Crippen LogP contribution is -2.45. The van der Waals surface area contributed by atoms with E-state index < -0.39 is 6.10 Å². The van der Waals surface area contributed by atoms with Gasteiger partial charge in [-0.2, -0.15) is 0 Å². The predicted molar refractivity (Wildman–Crippen MR) is 91.1 cm³/mol. The molecule has 2 unspecified atom stereocenters. The normalized spacial score (nSPS) is 19.7. The van der Waals surface area contributed by atoms with Gasteiger partial charge >= 0.3 is 0 Å². The maximum atomic E-state index is 11.1. The van der Waals surface area contributed by atoms with Gasteiger partial charge in [-0.15, -0.1) is 0 Å². The molecule has 1 aromatic carbocycles. The standard InChI is InChI=1S/C18H22N2O5/c1-13-4-5-14(9-16(13)20(22)23)11-19-6-8-24-12-15(19)10-17(21)18-3-2-7-25-18/h2-5,7,9,15,17,21H,6,8,10-12H2,1H3. The van der Waals surface area contributed by atoms with E-state index in [2.05, 4.69) is 4.90 Å². The molecule has 1 saturated heterocycles. The Morgan fingerprint density at radius 3 is 3.00 bits per heavy atom. The number of furan rings is 1. The third kappa shape index (κ3) is 4.25. The van der Waals surface area contributed by atoms with Crippen molar-refractivity contribution in [3.8, 4) is 0 Å². The molecule has 0 radical (unpaired) electrons. The Balaban J connectivity index is 1.71. The van der Waals surface area contributed by atoms with Gasteiger partial charge in [0.15, 0.2) is 0 Å². The summed E-state index contributed by atoms with van der Waals surface area (Å²) in [5, 5.41) is 21.5. The van der Waals surface area contributed by atoms with Gasteiger partial charge in [0.2, 0.25) is 0 Å². The molecule has 2 aromatic rings. The first-order valence-electron chi connectivity index (χ1n) is 8.32. The lowest BCUT2D eigenvalue weighted by molar-refractivity contribution is -0.385. The van der Waals surface area contributed by atoms with Crippen LogP contribution in [-0.4, -0.2) is 40.7 Å². The molecule has 1 aliphatic heterocycles. The first kappa shape index (κ1) is 17.6. The molecule has 0 spiro atoms. The number of nitro groups is 1. The third-order valence-electron chi connectivity index (χ3n) is 4.57. The maximum absolute atomic E-state index is 11.1. The maximum Gasteiger partial charge on any atom is 0.272 e. The van der Waals surface area contributed by atoms with E-state index in [9.17, 15) is 15.2 Å². The largest absolute Gasteiger partial charge is 0.467 e. The zero-order valence-corrected chi connectivity index (χ0v) is 14.1. The van der Waals surface area contributed by atoms with Crippen LogP contribution in [0.3, 0.4) is 0 Å². The highest BCUT2D eigenvalue weighted by molar-refractivity contribution is 5.42. The number of benzene rings is 1. The Kier molecular flexibility index (Phi) is 5.47. The molecule has 7 heteroatoms. The second-order valence-electron chi connectivity index (χ2n) is 6.34. The van der Waals surface area contributed by atoms with Gasteiger partial charge in [0.1, 0.15) is 11.9 Å². The van der Waals surface area contributed by atoms with Crippen molar-refractivity contribution in [2.75, 3.05) is 19.8 Å². The Morgan fingerprint density at radius 1 is 1.44 bits per heavy atom. The zero-order chi connectivity index (χ0) is 17.8. The highest BCUT2D eigenvalue weighted by Gasteiger charge is 2.27. The molecule has 0 bridgehead atoms. The quantitative estimate of drug-likeness (QED) is 0.639. The van der Waals surface area contributed by atoms with E-state index in [0.717, 1.165) is 12.1 Å². The van der Waals surface area contributed by atoms with Crippen LogP contribution in [0.4, 0.5) is 5.69 Å². The fourth-order valence-corrected chi connectivity index (χ4v) is 3.15. The van der Waals surface area contributed by atoms with E-state index in [1.807, 2.05) is 6.07 Å². The monoisotopic (exact) mass is 346 g/mol. The Labute approximate surface area is 146 Å². The van der Waals surface area contributed by atoms with Crippen molar-refractivity contribution in [2.45, 2.75) is 32.0 Å². The molecule has 0 aliphatic carbocycles. The molecule has 2 heterocycles. The average molecular weight is 346 g/mol. The Bertz CT molecular complexity index is 716. The van der Waals surface area contributed by atoms with Gasteiger partial charge in [0, 0.05) is 30.8 Å². The van der Waals surface area contributed by atoms with Gasteiger partial charge in [-0.25, -0.2) is 0 Å². The second-order valence-corrected chi connectivity index (χ2v) is 6.34. The van der Waals surface area contributed by atoms with E-state index in [4.69, 9.17) is 9.15 Å². The Morgan fingerprint density at radius 2 is 2.28 bits per heavy atom. The molecule has 1 aliphatic rings. The summed E-state index contributed by atoms with van der Waals surface area (Å²) in [6.45, 7) is 4.17. The van der Waals surface area contributed by atoms with Crippen molar-refractivity contribution >= 4 is 5.69 Å². The van der Waals surface area contributed by atoms with Gasteiger partial charge in [-0.05, 0) is 31.0 Å². The van der Waals surface area contributed by atoms with Gasteiger partial charge in [0.25, 0.3) is 5.69 Å². The molecule has 3 rings (SSSR count). The number of hydrogen-bond donors (Lipinski definition) is 1. The minimum Gasteiger partial charge on any atom is -0.467 e. The number of aliphatic hydroxyl groups excluding tert-OH is 1. The number of nitrogens with zero attached hydrogens (tertiary/aromatic N) is 2. The number of hydrogen-bond acceptors (Lipinski definition) is 6. The lowest BCUT2D eigenvalue weighted by atomic mass is 10.0. The summed E-state index contributed by atoms with van der Waals surface area (Å²) in [7, 11) is 0. The fraction of sp³-hybridized carbons (Fsp3) is 0.444. The number of rotatable bonds is 6. The van der Waals surface area contributed by atoms with E-state index in [0.29, 0.717) is 37.5 Å². The molecular formula is C18H22N2O5. The van der Waals surface area contributed by atoms with E-state index in [-0.39, 0.29) is 16.7 Å². The molecule has 1 N–H and O–H groups in total. The topological polar surface area (TPSA) is 89.0 Å². The third-order valence-corrected chi connectivity index (χ3v) is 4.57. The summed E-state index contributed by atoms with van der Waals surface area (Å²) in [6, 6.07) is 8.85. The molecule has 134 valence electrons. The molecule has 2 atom stereocenters. The van der Waals surface area contributed by atoms with Crippen LogP contribution in [0.1, 0.15) is 29.4 Å². The van der Waals surface area contributed by atoms with Crippen molar-refractivity contribution in [1.82, 2.24) is 4.90 Å². The van der Waals surface area contributed by atoms with Crippen LogP contribution in [-0.2, 0) is 11.3 Å². The highest BCUT2D eigenvalue weighted by atomic mass is 16.6. The summed E-state index contributed by atoms with van der Waals surface area (Å²) in [6.07, 6.45) is 1.33. The van der Waals surface area contributed by atoms with Crippen molar-refractivity contribution in [3.05, 3.63) is 63.6 Å². The van der Waals surface area contributed by atoms with Gasteiger partial charge in [-0.3, -0.25) is 15.0 Å². The lowest BCUT2D eigenvalue weighted by Gasteiger charge is -2.36. The zero-order valence-electron chi connectivity index (χ0n) is 14.1. The van der Waals surface area contributed by atoms with Crippen LogP contribution in [0.15, 0.2) is 41.0 Å². The molecule has 7 nitrogen and oxygen atoms in total. The summed E-state index contributed by atoms with van der Waals surface area (Å²) >= 11 is 0. The minimum absolute atomic E-state index is 0.0224. The van der Waals surface area contributed by atoms with E-state index in [1.165, 1.54) is 0 Å². The predicted octanol–water partition coefficient (Wildman–Crippen LogP) is 2.82. The SMILES string of the molecule is Cc1ccc(CN2CCOCC2CC(O)c2ccco2)cc1[N+](=O)[O-]. The average Bonchev–Trinajstić information content (AvgIpc) is 3.13. The number of nitro benzene ring substituents is 1. The molecule has 1 aromatic heterocycles. The Hall–Kier alpha value is -2.22. The smallest absolute Gasteiger partial charge is 0.272 e. The number of ether oxygens (including phenoxy) is 1. The second kappa shape index (κ2) is 7.77. The van der Waals surface area contributed by atoms with Crippen molar-refractivity contribution in [1.29, 1.82) is 0 Å². The highest BCUT2D eigenvalue weighted by Crippen LogP contribution is 2.25. The number of aryl methyl sites for hydroxylation is 1. The van der Waals surface area contributed by atoms with Crippen molar-refractivity contribution in [3.63, 3.8) is 0 Å². The van der Waals surface area contributed by atoms with Crippen LogP contribution in [0.2, 0.25) is 0 Å². The van der Waals surface area contributed by atoms with Crippen LogP contribution < -0.4 is 0 Å². The molecule has 1 fully saturated rings. The summed E-state index contributed by atoms with van der Waals surface area (Å²) in [5.74, 6) is 0.538. The first-order chi connectivity index (χ1) is 12.0. The first-order valence-corrected chi connectivity index (χ1v) is 8.32. The van der Waals surface area contributed by atoms with Gasteiger partial charge in [-0.1, -0.05) is 12.1 Å². The van der Waals surface area contributed by atoms with Crippen molar-refractivity contribution < 1.29 is 19.2 Å². The molecule has 0 amide bonds. The van der Waals surface area contributed by atoms with Crippen molar-refractivity contribution in [2.24, 2.45) is 0 Å².